The van der Waals surface area contributed by atoms with Crippen LogP contribution in [0, 0.1) is 6.92 Å². The van der Waals surface area contributed by atoms with E-state index in [1.165, 1.54) is 33.4 Å². The number of hydrogen-bond donors (Lipinski definition) is 1. The molecule has 2 bridgehead atoms. The molecule has 0 unspecified atom stereocenters. The molecular formula is C34H28N2O. The molecule has 0 fully saturated rings. The number of nitrogens with zero attached hydrogens (tertiary/aromatic N) is 1. The van der Waals surface area contributed by atoms with Gasteiger partial charge in [0.05, 0.1) is 16.8 Å². The normalized spacial score (nSPS) is 12.5. The molecule has 6 aromatic rings. The predicted molar refractivity (Wildman–Crippen MR) is 155 cm³/mol. The lowest BCUT2D eigenvalue weighted by atomic mass is 9.81. The first-order valence-electron chi connectivity index (χ1n) is 12.8. The van der Waals surface area contributed by atoms with Crippen LogP contribution in [0.25, 0.3) is 55.4 Å². The second-order valence-corrected chi connectivity index (χ2v) is 11.0. The molecule has 0 amide bonds. The molecule has 1 aliphatic rings. The smallest absolute Gasteiger partial charge is 0.141 e. The number of benzene rings is 4. The number of para-hydroxylation sites is 1. The van der Waals surface area contributed by atoms with Crippen LogP contribution in [0.15, 0.2) is 95.5 Å². The summed E-state index contributed by atoms with van der Waals surface area (Å²) in [6.07, 6.45) is 1.85. The summed E-state index contributed by atoms with van der Waals surface area (Å²) >= 11 is 0. The molecule has 1 aliphatic heterocycles. The monoisotopic (exact) mass is 480 g/mol. The first-order valence-corrected chi connectivity index (χ1v) is 12.8. The van der Waals surface area contributed by atoms with Gasteiger partial charge in [-0.1, -0.05) is 69.3 Å². The van der Waals surface area contributed by atoms with Crippen molar-refractivity contribution in [1.82, 2.24) is 4.98 Å². The maximum absolute atomic E-state index is 6.55. The minimum Gasteiger partial charge on any atom is -0.456 e. The number of fused-ring (bicyclic) bond motifs is 10. The molecule has 0 aliphatic carbocycles. The molecule has 0 spiro atoms. The molecule has 0 saturated heterocycles. The predicted octanol–water partition coefficient (Wildman–Crippen LogP) is 9.64. The molecule has 4 aromatic carbocycles. The van der Waals surface area contributed by atoms with Gasteiger partial charge in [-0.3, -0.25) is 4.98 Å². The summed E-state index contributed by atoms with van der Waals surface area (Å²) in [5.41, 5.74) is 13.4. The molecule has 7 rings (SSSR count). The molecular weight excluding hydrogens is 452 g/mol. The van der Waals surface area contributed by atoms with Gasteiger partial charge in [-0.25, -0.2) is 0 Å². The lowest BCUT2D eigenvalue weighted by Gasteiger charge is -2.27. The molecule has 1 N–H and O–H groups in total. The van der Waals surface area contributed by atoms with Crippen molar-refractivity contribution in [2.24, 2.45) is 0 Å². The zero-order valence-corrected chi connectivity index (χ0v) is 21.5. The highest BCUT2D eigenvalue weighted by atomic mass is 16.3. The largest absolute Gasteiger partial charge is 0.456 e. The maximum atomic E-state index is 6.55. The standard InChI is InChI=1S/C34H28N2O/c1-20-22-11-9-12-23(20)26-19-27(34(2,3)4)33-31(24-10-5-6-14-30(24)37-33)32(26)36-29-16-15-21(18-25(22)29)28-13-7-8-17-35-28/h5-19,36H,1-4H3. The van der Waals surface area contributed by atoms with Crippen molar-refractivity contribution in [3.05, 3.63) is 102 Å². The summed E-state index contributed by atoms with van der Waals surface area (Å²) in [6, 6.07) is 30.0. The Kier molecular flexibility index (Phi) is 4.62. The number of furan rings is 1. The van der Waals surface area contributed by atoms with Crippen LogP contribution in [0.2, 0.25) is 0 Å². The summed E-state index contributed by atoms with van der Waals surface area (Å²) in [4.78, 5) is 4.60. The molecule has 0 radical (unpaired) electrons. The molecule has 0 saturated carbocycles. The Morgan fingerprint density at radius 1 is 0.757 bits per heavy atom. The number of anilines is 2. The summed E-state index contributed by atoms with van der Waals surface area (Å²) in [5.74, 6) is 0. The minimum atomic E-state index is -0.0788. The summed E-state index contributed by atoms with van der Waals surface area (Å²) in [7, 11) is 0. The van der Waals surface area contributed by atoms with Gasteiger partial charge in [0.1, 0.15) is 11.2 Å². The van der Waals surface area contributed by atoms with Crippen LogP contribution < -0.4 is 5.32 Å². The van der Waals surface area contributed by atoms with Crippen molar-refractivity contribution in [3.63, 3.8) is 0 Å². The SMILES string of the molecule is Cc1c2cccc1-c1cc(C(C)(C)C)c3oc4ccccc4c3c1Nc1ccc(-c3ccccn3)cc1-2. The van der Waals surface area contributed by atoms with Gasteiger partial charge in [-0.05, 0) is 65.4 Å². The number of rotatable bonds is 1. The zero-order valence-electron chi connectivity index (χ0n) is 21.5. The molecule has 3 heterocycles. The quantitative estimate of drug-likeness (QED) is 0.254. The van der Waals surface area contributed by atoms with E-state index >= 15 is 0 Å². The van der Waals surface area contributed by atoms with E-state index in [4.69, 9.17) is 4.42 Å². The maximum Gasteiger partial charge on any atom is 0.141 e. The van der Waals surface area contributed by atoms with Gasteiger partial charge in [0.25, 0.3) is 0 Å². The topological polar surface area (TPSA) is 38.1 Å². The second-order valence-electron chi connectivity index (χ2n) is 11.0. The molecule has 180 valence electrons. The highest BCUT2D eigenvalue weighted by Crippen LogP contribution is 2.50. The first kappa shape index (κ1) is 21.9. The van der Waals surface area contributed by atoms with Gasteiger partial charge in [-0.15, -0.1) is 0 Å². The summed E-state index contributed by atoms with van der Waals surface area (Å²) in [6.45, 7) is 9.02. The Morgan fingerprint density at radius 3 is 2.32 bits per heavy atom. The fourth-order valence-corrected chi connectivity index (χ4v) is 5.72. The van der Waals surface area contributed by atoms with E-state index in [1.807, 2.05) is 24.4 Å². The third-order valence-corrected chi connectivity index (χ3v) is 7.61. The first-order chi connectivity index (χ1) is 17.9. The van der Waals surface area contributed by atoms with Crippen LogP contribution in [-0.2, 0) is 5.41 Å². The molecule has 37 heavy (non-hydrogen) atoms. The third-order valence-electron chi connectivity index (χ3n) is 7.61. The fraction of sp³-hybridized carbons (Fsp3) is 0.147. The zero-order chi connectivity index (χ0) is 25.3. The van der Waals surface area contributed by atoms with Crippen LogP contribution in [0.5, 0.6) is 0 Å². The number of aromatic nitrogens is 1. The lowest BCUT2D eigenvalue weighted by Crippen LogP contribution is -2.13. The van der Waals surface area contributed by atoms with Crippen LogP contribution in [0.1, 0.15) is 31.9 Å². The molecule has 3 nitrogen and oxygen atoms in total. The highest BCUT2D eigenvalue weighted by Gasteiger charge is 2.28. The number of pyridine rings is 1. The third kappa shape index (κ3) is 3.31. The van der Waals surface area contributed by atoms with E-state index in [9.17, 15) is 0 Å². The van der Waals surface area contributed by atoms with E-state index in [0.29, 0.717) is 0 Å². The van der Waals surface area contributed by atoms with Crippen molar-refractivity contribution in [3.8, 4) is 33.5 Å². The van der Waals surface area contributed by atoms with Gasteiger partial charge in [-0.2, -0.15) is 0 Å². The molecule has 3 heteroatoms. The van der Waals surface area contributed by atoms with Crippen molar-refractivity contribution in [2.75, 3.05) is 5.32 Å². The Bertz CT molecular complexity index is 1840. The Labute approximate surface area is 216 Å². The van der Waals surface area contributed by atoms with Crippen molar-refractivity contribution in [2.45, 2.75) is 33.1 Å². The number of hydrogen-bond acceptors (Lipinski definition) is 3. The van der Waals surface area contributed by atoms with Crippen LogP contribution in [-0.4, -0.2) is 4.98 Å². The van der Waals surface area contributed by atoms with E-state index < -0.39 is 0 Å². The summed E-state index contributed by atoms with van der Waals surface area (Å²) in [5, 5.41) is 6.16. The molecule has 0 atom stereocenters. The van der Waals surface area contributed by atoms with E-state index in [-0.39, 0.29) is 5.41 Å². The van der Waals surface area contributed by atoms with Crippen molar-refractivity contribution >= 4 is 33.3 Å². The van der Waals surface area contributed by atoms with Crippen LogP contribution >= 0.6 is 0 Å². The minimum absolute atomic E-state index is 0.0788. The van der Waals surface area contributed by atoms with Gasteiger partial charge < -0.3 is 9.73 Å². The lowest BCUT2D eigenvalue weighted by molar-refractivity contribution is 0.573. The van der Waals surface area contributed by atoms with Gasteiger partial charge in [0.2, 0.25) is 0 Å². The highest BCUT2D eigenvalue weighted by molar-refractivity contribution is 6.17. The van der Waals surface area contributed by atoms with Gasteiger partial charge in [0, 0.05) is 39.5 Å². The second kappa shape index (κ2) is 7.81. The van der Waals surface area contributed by atoms with Crippen LogP contribution in [0.3, 0.4) is 0 Å². The van der Waals surface area contributed by atoms with Gasteiger partial charge >= 0.3 is 0 Å². The van der Waals surface area contributed by atoms with Crippen molar-refractivity contribution < 1.29 is 4.42 Å². The van der Waals surface area contributed by atoms with E-state index in [1.54, 1.807) is 0 Å². The van der Waals surface area contributed by atoms with Crippen LogP contribution in [0.4, 0.5) is 11.4 Å². The Morgan fingerprint density at radius 2 is 1.54 bits per heavy atom. The van der Waals surface area contributed by atoms with E-state index in [0.717, 1.165) is 44.6 Å². The van der Waals surface area contributed by atoms with E-state index in [2.05, 4.69) is 105 Å². The average molecular weight is 481 g/mol. The Hall–Kier alpha value is -4.37. The Balaban J connectivity index is 1.60. The van der Waals surface area contributed by atoms with Gasteiger partial charge in [0.15, 0.2) is 0 Å². The molecule has 2 aromatic heterocycles. The van der Waals surface area contributed by atoms with Crippen molar-refractivity contribution in [1.29, 1.82) is 0 Å². The number of nitrogens with one attached hydrogen (secondary N) is 1. The average Bonchev–Trinajstić information content (AvgIpc) is 3.29. The summed E-state index contributed by atoms with van der Waals surface area (Å²) < 4.78 is 6.55. The fourth-order valence-electron chi connectivity index (χ4n) is 5.72.